The van der Waals surface area contributed by atoms with E-state index in [4.69, 9.17) is 17.3 Å². The molecule has 28 heavy (non-hydrogen) atoms. The maximum atomic E-state index is 12.6. The standard InChI is InChI=1S/C19H13BrN2O4S2/c20-13-5-1-3-11(7-13)8-15-17(24)22(19(27)28-15)10-16(23)21-14-6-2-4-12(9-14)18(25)26/h1-9H,10H2,(H,21,23)(H,25,26)/b15-8-. The molecule has 0 aliphatic carbocycles. The lowest BCUT2D eigenvalue weighted by Crippen LogP contribution is -2.36. The molecule has 0 atom stereocenters. The number of carbonyl (C=O) groups is 3. The predicted molar refractivity (Wildman–Crippen MR) is 116 cm³/mol. The van der Waals surface area contributed by atoms with E-state index in [1.54, 1.807) is 12.1 Å². The highest BCUT2D eigenvalue weighted by atomic mass is 79.9. The van der Waals surface area contributed by atoms with Crippen molar-refractivity contribution in [3.8, 4) is 0 Å². The van der Waals surface area contributed by atoms with Gasteiger partial charge in [0.05, 0.1) is 10.5 Å². The highest BCUT2D eigenvalue weighted by Gasteiger charge is 2.33. The fraction of sp³-hybridized carbons (Fsp3) is 0.0526. The molecule has 1 aliphatic rings. The minimum absolute atomic E-state index is 0.0559. The average molecular weight is 477 g/mol. The van der Waals surface area contributed by atoms with Crippen LogP contribution in [0.2, 0.25) is 0 Å². The number of nitrogens with zero attached hydrogens (tertiary/aromatic N) is 1. The van der Waals surface area contributed by atoms with Gasteiger partial charge >= 0.3 is 5.97 Å². The van der Waals surface area contributed by atoms with Crippen molar-refractivity contribution in [1.29, 1.82) is 0 Å². The Morgan fingerprint density at radius 2 is 1.96 bits per heavy atom. The third kappa shape index (κ3) is 4.86. The molecule has 0 saturated carbocycles. The normalized spacial score (nSPS) is 15.2. The van der Waals surface area contributed by atoms with E-state index in [1.165, 1.54) is 23.1 Å². The molecule has 2 aromatic rings. The second-order valence-corrected chi connectivity index (χ2v) is 8.35. The second kappa shape index (κ2) is 8.68. The number of aromatic carboxylic acids is 1. The molecule has 1 fully saturated rings. The van der Waals surface area contributed by atoms with Gasteiger partial charge in [-0.05, 0) is 42.0 Å². The van der Waals surface area contributed by atoms with E-state index < -0.39 is 11.9 Å². The second-order valence-electron chi connectivity index (χ2n) is 5.76. The van der Waals surface area contributed by atoms with Crippen LogP contribution in [-0.2, 0) is 9.59 Å². The van der Waals surface area contributed by atoms with Gasteiger partial charge in [0.15, 0.2) is 0 Å². The molecule has 0 unspecified atom stereocenters. The summed E-state index contributed by atoms with van der Waals surface area (Å²) in [5.74, 6) is -1.90. The summed E-state index contributed by atoms with van der Waals surface area (Å²) in [6.45, 7) is -0.252. The number of hydrogen-bond acceptors (Lipinski definition) is 5. The van der Waals surface area contributed by atoms with Crippen molar-refractivity contribution >= 4 is 73.8 Å². The van der Waals surface area contributed by atoms with Crippen LogP contribution in [0.25, 0.3) is 6.08 Å². The summed E-state index contributed by atoms with van der Waals surface area (Å²) in [6.07, 6.45) is 1.72. The molecule has 1 saturated heterocycles. The van der Waals surface area contributed by atoms with Gasteiger partial charge in [0.25, 0.3) is 5.91 Å². The number of anilines is 1. The zero-order valence-corrected chi connectivity index (χ0v) is 17.4. The Bertz CT molecular complexity index is 1020. The Kier molecular flexibility index (Phi) is 6.28. The van der Waals surface area contributed by atoms with E-state index in [0.29, 0.717) is 14.9 Å². The Balaban J connectivity index is 1.69. The van der Waals surface area contributed by atoms with Crippen molar-refractivity contribution in [2.75, 3.05) is 11.9 Å². The Morgan fingerprint density at radius 1 is 1.21 bits per heavy atom. The molecule has 9 heteroatoms. The summed E-state index contributed by atoms with van der Waals surface area (Å²) in [6, 6.07) is 13.3. The number of hydrogen-bond donors (Lipinski definition) is 2. The van der Waals surface area contributed by atoms with Gasteiger partial charge < -0.3 is 10.4 Å². The van der Waals surface area contributed by atoms with Crippen LogP contribution in [0.4, 0.5) is 5.69 Å². The number of thioether (sulfide) groups is 1. The van der Waals surface area contributed by atoms with Gasteiger partial charge in [0, 0.05) is 10.2 Å². The van der Waals surface area contributed by atoms with Crippen molar-refractivity contribution in [2.45, 2.75) is 0 Å². The molecule has 142 valence electrons. The molecule has 2 amide bonds. The van der Waals surface area contributed by atoms with Crippen LogP contribution in [0.5, 0.6) is 0 Å². The number of carboxylic acid groups (broad SMARTS) is 1. The van der Waals surface area contributed by atoms with Gasteiger partial charge in [-0.3, -0.25) is 14.5 Å². The number of thiocarbonyl (C=S) groups is 1. The minimum atomic E-state index is -1.09. The largest absolute Gasteiger partial charge is 0.478 e. The third-order valence-corrected chi connectivity index (χ3v) is 5.59. The topological polar surface area (TPSA) is 86.7 Å². The van der Waals surface area contributed by atoms with E-state index in [-0.39, 0.29) is 18.0 Å². The van der Waals surface area contributed by atoms with Crippen molar-refractivity contribution < 1.29 is 19.5 Å². The third-order valence-electron chi connectivity index (χ3n) is 3.72. The van der Waals surface area contributed by atoms with Crippen molar-refractivity contribution in [3.05, 3.63) is 69.0 Å². The molecule has 2 aromatic carbocycles. The zero-order chi connectivity index (χ0) is 20.3. The number of amides is 2. The van der Waals surface area contributed by atoms with E-state index in [2.05, 4.69) is 21.2 Å². The van der Waals surface area contributed by atoms with Gasteiger partial charge in [0.2, 0.25) is 5.91 Å². The van der Waals surface area contributed by atoms with Gasteiger partial charge in [0.1, 0.15) is 10.9 Å². The molecule has 0 radical (unpaired) electrons. The maximum Gasteiger partial charge on any atom is 0.335 e. The molecule has 6 nitrogen and oxygen atoms in total. The zero-order valence-electron chi connectivity index (χ0n) is 14.2. The molecule has 1 aliphatic heterocycles. The lowest BCUT2D eigenvalue weighted by atomic mass is 10.2. The summed E-state index contributed by atoms with van der Waals surface area (Å²) >= 11 is 9.75. The Morgan fingerprint density at radius 3 is 2.68 bits per heavy atom. The number of halogens is 1. The summed E-state index contributed by atoms with van der Waals surface area (Å²) < 4.78 is 1.18. The van der Waals surface area contributed by atoms with E-state index in [9.17, 15) is 14.4 Å². The highest BCUT2D eigenvalue weighted by Crippen LogP contribution is 2.32. The molecule has 3 rings (SSSR count). The SMILES string of the molecule is O=C(CN1C(=O)/C(=C/c2cccc(Br)c2)SC1=S)Nc1cccc(C(=O)O)c1. The number of rotatable bonds is 5. The Labute approximate surface area is 178 Å². The van der Waals surface area contributed by atoms with E-state index in [1.807, 2.05) is 24.3 Å². The average Bonchev–Trinajstić information content (AvgIpc) is 2.89. The van der Waals surface area contributed by atoms with Gasteiger partial charge in [-0.15, -0.1) is 0 Å². The minimum Gasteiger partial charge on any atom is -0.478 e. The number of nitrogens with one attached hydrogen (secondary N) is 1. The first-order valence-electron chi connectivity index (χ1n) is 7.97. The Hall–Kier alpha value is -2.49. The fourth-order valence-electron chi connectivity index (χ4n) is 2.46. The van der Waals surface area contributed by atoms with Crippen LogP contribution in [-0.4, -0.2) is 38.7 Å². The lowest BCUT2D eigenvalue weighted by Gasteiger charge is -2.14. The van der Waals surface area contributed by atoms with Crippen LogP contribution >= 0.6 is 39.9 Å². The van der Waals surface area contributed by atoms with Crippen LogP contribution in [0.15, 0.2) is 57.9 Å². The quantitative estimate of drug-likeness (QED) is 0.501. The fourth-order valence-corrected chi connectivity index (χ4v) is 4.13. The number of carbonyl (C=O) groups excluding carboxylic acids is 2. The van der Waals surface area contributed by atoms with Gasteiger partial charge in [-0.2, -0.15) is 0 Å². The summed E-state index contributed by atoms with van der Waals surface area (Å²) in [5.41, 5.74) is 1.23. The molecule has 1 heterocycles. The molecular weight excluding hydrogens is 464 g/mol. The van der Waals surface area contributed by atoms with Gasteiger partial charge in [-0.1, -0.05) is 58.1 Å². The van der Waals surface area contributed by atoms with Crippen LogP contribution in [0.1, 0.15) is 15.9 Å². The first kappa shape index (κ1) is 20.2. The van der Waals surface area contributed by atoms with Crippen molar-refractivity contribution in [1.82, 2.24) is 4.90 Å². The monoisotopic (exact) mass is 476 g/mol. The number of carboxylic acids is 1. The molecule has 0 bridgehead atoms. The molecular formula is C19H13BrN2O4S2. The van der Waals surface area contributed by atoms with Crippen molar-refractivity contribution in [3.63, 3.8) is 0 Å². The predicted octanol–water partition coefficient (Wildman–Crippen LogP) is 3.99. The smallest absolute Gasteiger partial charge is 0.335 e. The van der Waals surface area contributed by atoms with Crippen molar-refractivity contribution in [2.24, 2.45) is 0 Å². The summed E-state index contributed by atoms with van der Waals surface area (Å²) in [5, 5.41) is 11.6. The summed E-state index contributed by atoms with van der Waals surface area (Å²) in [4.78, 5) is 37.6. The summed E-state index contributed by atoms with van der Waals surface area (Å²) in [7, 11) is 0. The molecule has 0 aromatic heterocycles. The maximum absolute atomic E-state index is 12.6. The van der Waals surface area contributed by atoms with Gasteiger partial charge in [-0.25, -0.2) is 4.79 Å². The lowest BCUT2D eigenvalue weighted by molar-refractivity contribution is -0.126. The van der Waals surface area contributed by atoms with Crippen LogP contribution < -0.4 is 5.32 Å². The molecule has 2 N–H and O–H groups in total. The van der Waals surface area contributed by atoms with E-state index >= 15 is 0 Å². The first-order chi connectivity index (χ1) is 13.3. The van der Waals surface area contributed by atoms with Crippen LogP contribution in [0, 0.1) is 0 Å². The molecule has 0 spiro atoms. The first-order valence-corrected chi connectivity index (χ1v) is 9.99. The number of benzene rings is 2. The van der Waals surface area contributed by atoms with Crippen LogP contribution in [0.3, 0.4) is 0 Å². The van der Waals surface area contributed by atoms with E-state index in [0.717, 1.165) is 21.8 Å². The highest BCUT2D eigenvalue weighted by molar-refractivity contribution is 9.10.